The second kappa shape index (κ2) is 5.93. The Labute approximate surface area is 127 Å². The van der Waals surface area contributed by atoms with Gasteiger partial charge in [-0.2, -0.15) is 5.10 Å². The van der Waals surface area contributed by atoms with Crippen molar-refractivity contribution in [1.82, 2.24) is 24.7 Å². The van der Waals surface area contributed by atoms with Crippen molar-refractivity contribution in [2.24, 2.45) is 0 Å². The van der Waals surface area contributed by atoms with Crippen LogP contribution in [0.4, 0.5) is 0 Å². The molecular formula is C14H19N5OS. The molecule has 6 nitrogen and oxygen atoms in total. The number of nitrogens with zero attached hydrogens (tertiary/aromatic N) is 4. The summed E-state index contributed by atoms with van der Waals surface area (Å²) in [5.41, 5.74) is 3.64. The van der Waals surface area contributed by atoms with E-state index in [0.717, 1.165) is 49.2 Å². The predicted octanol–water partition coefficient (Wildman–Crippen LogP) is 2.64. The molecule has 0 spiro atoms. The van der Waals surface area contributed by atoms with E-state index in [1.165, 1.54) is 11.5 Å². The van der Waals surface area contributed by atoms with E-state index < -0.39 is 0 Å². The van der Waals surface area contributed by atoms with E-state index >= 15 is 0 Å². The molecule has 112 valence electrons. The molecule has 3 rings (SSSR count). The maximum absolute atomic E-state index is 12.7. The first-order valence-corrected chi connectivity index (χ1v) is 8.11. The van der Waals surface area contributed by atoms with E-state index in [2.05, 4.69) is 19.8 Å². The van der Waals surface area contributed by atoms with Gasteiger partial charge in [-0.25, -0.2) is 0 Å². The fourth-order valence-electron chi connectivity index (χ4n) is 3.11. The number of aryl methyl sites for hydroxylation is 2. The average molecular weight is 305 g/mol. The summed E-state index contributed by atoms with van der Waals surface area (Å²) in [5.74, 6) is -0.0179. The van der Waals surface area contributed by atoms with Gasteiger partial charge >= 0.3 is 0 Å². The smallest absolute Gasteiger partial charge is 0.275 e. The number of amides is 1. The lowest BCUT2D eigenvalue weighted by Gasteiger charge is -2.30. The molecule has 3 heterocycles. The number of likely N-dealkylation sites (tertiary alicyclic amines) is 1. The maximum Gasteiger partial charge on any atom is 0.275 e. The van der Waals surface area contributed by atoms with E-state index in [9.17, 15) is 4.79 Å². The normalized spacial score (nSPS) is 19.5. The van der Waals surface area contributed by atoms with Crippen LogP contribution >= 0.6 is 11.5 Å². The van der Waals surface area contributed by atoms with Crippen molar-refractivity contribution in [3.8, 4) is 0 Å². The third-order valence-corrected chi connectivity index (χ3v) is 4.62. The molecule has 1 aliphatic rings. The highest BCUT2D eigenvalue weighted by Gasteiger charge is 2.31. The van der Waals surface area contributed by atoms with Crippen molar-refractivity contribution in [2.45, 2.75) is 45.6 Å². The second-order valence-corrected chi connectivity index (χ2v) is 6.11. The zero-order chi connectivity index (χ0) is 14.8. The molecular weight excluding hydrogens is 286 g/mol. The molecule has 1 atom stereocenters. The second-order valence-electron chi connectivity index (χ2n) is 5.50. The zero-order valence-electron chi connectivity index (χ0n) is 12.3. The van der Waals surface area contributed by atoms with Crippen LogP contribution in [0.2, 0.25) is 0 Å². The van der Waals surface area contributed by atoms with Crippen molar-refractivity contribution in [2.75, 3.05) is 6.54 Å². The van der Waals surface area contributed by atoms with Gasteiger partial charge in [0.05, 0.1) is 11.7 Å². The van der Waals surface area contributed by atoms with Crippen molar-refractivity contribution in [3.05, 3.63) is 28.0 Å². The van der Waals surface area contributed by atoms with Gasteiger partial charge in [0, 0.05) is 23.2 Å². The Hall–Kier alpha value is -1.76. The topological polar surface area (TPSA) is 74.8 Å². The van der Waals surface area contributed by atoms with Crippen LogP contribution in [0.3, 0.4) is 0 Å². The Morgan fingerprint density at radius 3 is 2.90 bits per heavy atom. The molecule has 0 radical (unpaired) electrons. The maximum atomic E-state index is 12.7. The minimum absolute atomic E-state index is 0.0179. The van der Waals surface area contributed by atoms with Crippen LogP contribution in [0.15, 0.2) is 5.38 Å². The monoisotopic (exact) mass is 305 g/mol. The van der Waals surface area contributed by atoms with E-state index in [-0.39, 0.29) is 11.9 Å². The van der Waals surface area contributed by atoms with Crippen LogP contribution in [0.25, 0.3) is 0 Å². The van der Waals surface area contributed by atoms with E-state index in [1.807, 2.05) is 18.7 Å². The third kappa shape index (κ3) is 2.70. The minimum Gasteiger partial charge on any atom is -0.330 e. The molecule has 0 unspecified atom stereocenters. The molecule has 1 saturated heterocycles. The number of carbonyl (C=O) groups is 1. The highest BCUT2D eigenvalue weighted by molar-refractivity contribution is 7.03. The number of hydrogen-bond acceptors (Lipinski definition) is 5. The minimum atomic E-state index is -0.0179. The van der Waals surface area contributed by atoms with Gasteiger partial charge in [-0.1, -0.05) is 17.3 Å². The lowest BCUT2D eigenvalue weighted by molar-refractivity contribution is 0.0674. The Bertz CT molecular complexity index is 602. The number of nitrogens with one attached hydrogen (secondary N) is 1. The summed E-state index contributed by atoms with van der Waals surface area (Å²) in [7, 11) is 0. The first-order valence-electron chi connectivity index (χ1n) is 7.28. The number of carbonyl (C=O) groups excluding carboxylic acids is 1. The molecule has 0 saturated carbocycles. The Balaban J connectivity index is 1.96. The van der Waals surface area contributed by atoms with Crippen molar-refractivity contribution in [1.29, 1.82) is 0 Å². The van der Waals surface area contributed by atoms with Crippen LogP contribution in [0.5, 0.6) is 0 Å². The molecule has 1 amide bonds. The lowest BCUT2D eigenvalue weighted by atomic mass is 9.99. The van der Waals surface area contributed by atoms with Crippen LogP contribution in [0.1, 0.15) is 59.2 Å². The van der Waals surface area contributed by atoms with E-state index in [0.29, 0.717) is 5.69 Å². The number of H-pyrrole nitrogens is 1. The summed E-state index contributed by atoms with van der Waals surface area (Å²) in [6, 6.07) is 0.0837. The van der Waals surface area contributed by atoms with Gasteiger partial charge in [0.25, 0.3) is 5.91 Å². The molecule has 2 aromatic rings. The highest BCUT2D eigenvalue weighted by atomic mass is 32.1. The molecule has 7 heteroatoms. The van der Waals surface area contributed by atoms with Gasteiger partial charge in [-0.3, -0.25) is 9.89 Å². The van der Waals surface area contributed by atoms with Crippen molar-refractivity contribution >= 4 is 17.4 Å². The average Bonchev–Trinajstić information content (AvgIpc) is 3.04. The molecule has 0 bridgehead atoms. The van der Waals surface area contributed by atoms with Crippen molar-refractivity contribution in [3.63, 3.8) is 0 Å². The lowest BCUT2D eigenvalue weighted by Crippen LogP contribution is -2.35. The summed E-state index contributed by atoms with van der Waals surface area (Å²) in [6.45, 7) is 4.79. The molecule has 1 fully saturated rings. The number of hydrogen-bond donors (Lipinski definition) is 1. The van der Waals surface area contributed by atoms with Gasteiger partial charge in [0.2, 0.25) is 0 Å². The molecule has 1 N–H and O–H groups in total. The fraction of sp³-hybridized carbons (Fsp3) is 0.571. The molecule has 0 aliphatic carbocycles. The SMILES string of the molecule is Cc1n[nH]c(C)c1[C@@H]1CCCCCN1C(=O)c1csnn1. The summed E-state index contributed by atoms with van der Waals surface area (Å²) >= 11 is 1.22. The quantitative estimate of drug-likeness (QED) is 0.925. The number of aromatic nitrogens is 4. The molecule has 0 aromatic carbocycles. The number of rotatable bonds is 2. The van der Waals surface area contributed by atoms with Gasteiger partial charge in [-0.05, 0) is 38.2 Å². The van der Waals surface area contributed by atoms with E-state index in [4.69, 9.17) is 0 Å². The molecule has 21 heavy (non-hydrogen) atoms. The van der Waals surface area contributed by atoms with Gasteiger partial charge in [0.15, 0.2) is 5.69 Å². The number of aromatic amines is 1. The molecule has 2 aromatic heterocycles. The first kappa shape index (κ1) is 14.2. The highest BCUT2D eigenvalue weighted by Crippen LogP contribution is 2.34. The van der Waals surface area contributed by atoms with Gasteiger partial charge in [0.1, 0.15) is 0 Å². The van der Waals surface area contributed by atoms with Crippen LogP contribution in [-0.2, 0) is 0 Å². The van der Waals surface area contributed by atoms with Gasteiger partial charge in [-0.15, -0.1) is 5.10 Å². The largest absolute Gasteiger partial charge is 0.330 e. The Morgan fingerprint density at radius 1 is 1.38 bits per heavy atom. The predicted molar refractivity (Wildman–Crippen MR) is 80.2 cm³/mol. The Kier molecular flexibility index (Phi) is 4.01. The fourth-order valence-corrected chi connectivity index (χ4v) is 3.54. The third-order valence-electron chi connectivity index (χ3n) is 4.11. The molecule has 1 aliphatic heterocycles. The van der Waals surface area contributed by atoms with Crippen molar-refractivity contribution < 1.29 is 4.79 Å². The summed E-state index contributed by atoms with van der Waals surface area (Å²) in [5, 5.41) is 13.0. The van der Waals surface area contributed by atoms with Crippen LogP contribution in [0, 0.1) is 13.8 Å². The van der Waals surface area contributed by atoms with Crippen LogP contribution < -0.4 is 0 Å². The standard InChI is InChI=1S/C14H19N5OS/c1-9-13(10(2)16-15-9)12-6-4-3-5-7-19(12)14(20)11-8-21-18-17-11/h8,12H,3-7H2,1-2H3,(H,15,16)/t12-/m0/s1. The summed E-state index contributed by atoms with van der Waals surface area (Å²) < 4.78 is 3.81. The van der Waals surface area contributed by atoms with E-state index in [1.54, 1.807) is 5.38 Å². The summed E-state index contributed by atoms with van der Waals surface area (Å²) in [6.07, 6.45) is 4.31. The van der Waals surface area contributed by atoms with Gasteiger partial charge < -0.3 is 4.90 Å². The van der Waals surface area contributed by atoms with Crippen LogP contribution in [-0.4, -0.2) is 37.1 Å². The summed E-state index contributed by atoms with van der Waals surface area (Å²) in [4.78, 5) is 14.7. The zero-order valence-corrected chi connectivity index (χ0v) is 13.1. The Morgan fingerprint density at radius 2 is 2.24 bits per heavy atom. The first-order chi connectivity index (χ1) is 10.2.